The molecule has 0 fully saturated rings. The Kier molecular flexibility index (Phi) is 6.28. The Hall–Kier alpha value is -0.330. The lowest BCUT2D eigenvalue weighted by molar-refractivity contribution is -0.0893. The Balaban J connectivity index is 4.58. The summed E-state index contributed by atoms with van der Waals surface area (Å²) in [5, 5.41) is 44.7. The van der Waals surface area contributed by atoms with Crippen LogP contribution in [0.4, 0.5) is 0 Å². The summed E-state index contributed by atoms with van der Waals surface area (Å²) in [6.45, 7) is -1.78. The van der Waals surface area contributed by atoms with Crippen molar-refractivity contribution in [3.63, 3.8) is 0 Å². The van der Waals surface area contributed by atoms with Gasteiger partial charge in [0.05, 0.1) is 19.3 Å². The van der Waals surface area contributed by atoms with Crippen molar-refractivity contribution >= 4 is 10.3 Å². The first kappa shape index (κ1) is 15.7. The van der Waals surface area contributed by atoms with E-state index in [0.29, 0.717) is 0 Å². The number of aliphatic hydroxyl groups is 5. The quantitative estimate of drug-likeness (QED) is 0.226. The Bertz CT molecular complexity index is 293. The third-order valence-electron chi connectivity index (χ3n) is 1.84. The molecule has 0 aromatic carbocycles. The second-order valence-electron chi connectivity index (χ2n) is 3.11. The van der Waals surface area contributed by atoms with Gasteiger partial charge >= 0.3 is 10.3 Å². The van der Waals surface area contributed by atoms with E-state index in [4.69, 9.17) is 19.9 Å². The molecule has 0 aliphatic heterocycles. The molecule has 7 N–H and O–H groups in total. The van der Waals surface area contributed by atoms with Crippen LogP contribution >= 0.6 is 0 Å². The summed E-state index contributed by atoms with van der Waals surface area (Å²) in [5.41, 5.74) is 0. The molecule has 0 saturated carbocycles. The lowest BCUT2D eigenvalue weighted by atomic mass is 10.0. The summed E-state index contributed by atoms with van der Waals surface area (Å²) in [6, 6.07) is -1.61. The average molecular weight is 261 g/mol. The molecule has 0 unspecified atom stereocenters. The van der Waals surface area contributed by atoms with Gasteiger partial charge in [-0.05, 0) is 0 Å². The average Bonchev–Trinajstić information content (AvgIpc) is 2.21. The molecule has 0 aliphatic carbocycles. The van der Waals surface area contributed by atoms with Gasteiger partial charge in [0.2, 0.25) is 0 Å². The fourth-order valence-electron chi connectivity index (χ4n) is 0.980. The molecule has 0 saturated heterocycles. The van der Waals surface area contributed by atoms with Gasteiger partial charge in [-0.1, -0.05) is 0 Å². The van der Waals surface area contributed by atoms with Gasteiger partial charge in [0, 0.05) is 0 Å². The van der Waals surface area contributed by atoms with Crippen LogP contribution < -0.4 is 4.72 Å². The zero-order valence-corrected chi connectivity index (χ0v) is 8.95. The van der Waals surface area contributed by atoms with E-state index in [9.17, 15) is 18.6 Å². The molecule has 0 heterocycles. The van der Waals surface area contributed by atoms with Gasteiger partial charge in [-0.3, -0.25) is 4.55 Å². The van der Waals surface area contributed by atoms with Crippen molar-refractivity contribution in [1.29, 1.82) is 0 Å². The number of hydrogen-bond donors (Lipinski definition) is 7. The van der Waals surface area contributed by atoms with Crippen molar-refractivity contribution in [2.45, 2.75) is 24.4 Å². The standard InChI is InChI=1S/C6H15NO8S/c8-1-3(7-16(13,14)15)5(11)6(12)4(10)2-9/h3-12H,1-2H2,(H,13,14,15)/t3-,4+,5+,6+/m0/s1. The van der Waals surface area contributed by atoms with E-state index >= 15 is 0 Å². The molecular formula is C6H15NO8S. The minimum absolute atomic E-state index is 0.859. The van der Waals surface area contributed by atoms with Gasteiger partial charge in [-0.15, -0.1) is 0 Å². The second kappa shape index (κ2) is 6.42. The van der Waals surface area contributed by atoms with Crippen LogP contribution in [-0.4, -0.2) is 76.1 Å². The maximum Gasteiger partial charge on any atom is 0.333 e. The van der Waals surface area contributed by atoms with E-state index < -0.39 is 47.9 Å². The molecule has 0 spiro atoms. The van der Waals surface area contributed by atoms with Crippen molar-refractivity contribution in [1.82, 2.24) is 4.72 Å². The highest BCUT2D eigenvalue weighted by Crippen LogP contribution is 2.05. The van der Waals surface area contributed by atoms with Gasteiger partial charge < -0.3 is 25.5 Å². The minimum Gasteiger partial charge on any atom is -0.395 e. The molecule has 98 valence electrons. The smallest absolute Gasteiger partial charge is 0.333 e. The van der Waals surface area contributed by atoms with Crippen LogP contribution in [0.5, 0.6) is 0 Å². The van der Waals surface area contributed by atoms with Gasteiger partial charge in [0.1, 0.15) is 18.3 Å². The molecule has 4 atom stereocenters. The molecule has 0 bridgehead atoms. The third-order valence-corrected chi connectivity index (χ3v) is 2.44. The minimum atomic E-state index is -4.67. The summed E-state index contributed by atoms with van der Waals surface area (Å²) in [6.07, 6.45) is -5.47. The second-order valence-corrected chi connectivity index (χ2v) is 4.30. The van der Waals surface area contributed by atoms with Crippen molar-refractivity contribution < 1.29 is 38.5 Å². The van der Waals surface area contributed by atoms with Crippen molar-refractivity contribution in [3.8, 4) is 0 Å². The lowest BCUT2D eigenvalue weighted by Crippen LogP contribution is -2.54. The molecule has 0 aliphatic rings. The van der Waals surface area contributed by atoms with E-state index in [-0.39, 0.29) is 0 Å². The highest BCUT2D eigenvalue weighted by atomic mass is 32.2. The van der Waals surface area contributed by atoms with Gasteiger partial charge in [0.25, 0.3) is 0 Å². The van der Waals surface area contributed by atoms with Gasteiger partial charge in [0.15, 0.2) is 0 Å². The predicted octanol–water partition coefficient (Wildman–Crippen LogP) is -4.19. The van der Waals surface area contributed by atoms with Gasteiger partial charge in [-0.25, -0.2) is 0 Å². The summed E-state index contributed by atoms with van der Waals surface area (Å²) in [7, 11) is -4.67. The van der Waals surface area contributed by atoms with E-state index in [1.165, 1.54) is 4.72 Å². The normalized spacial score (nSPS) is 20.1. The van der Waals surface area contributed by atoms with Crippen molar-refractivity contribution in [2.75, 3.05) is 13.2 Å². The number of rotatable bonds is 7. The summed E-state index contributed by atoms with van der Waals surface area (Å²) in [4.78, 5) is 0. The number of hydrogen-bond acceptors (Lipinski definition) is 7. The maximum absolute atomic E-state index is 10.4. The first-order chi connectivity index (χ1) is 7.22. The summed E-state index contributed by atoms with van der Waals surface area (Å²) >= 11 is 0. The van der Waals surface area contributed by atoms with E-state index in [1.807, 2.05) is 0 Å². The highest BCUT2D eigenvalue weighted by molar-refractivity contribution is 7.83. The molecule has 0 aromatic rings. The zero-order chi connectivity index (χ0) is 12.9. The molecule has 0 rings (SSSR count). The first-order valence-corrected chi connectivity index (χ1v) is 5.67. The molecule has 16 heavy (non-hydrogen) atoms. The molecule has 10 heteroatoms. The van der Waals surface area contributed by atoms with Crippen molar-refractivity contribution in [3.05, 3.63) is 0 Å². The topological polar surface area (TPSA) is 168 Å². The number of aliphatic hydroxyl groups excluding tert-OH is 5. The number of nitrogens with one attached hydrogen (secondary N) is 1. The lowest BCUT2D eigenvalue weighted by Gasteiger charge is -2.27. The summed E-state index contributed by atoms with van der Waals surface area (Å²) in [5.74, 6) is 0. The zero-order valence-electron chi connectivity index (χ0n) is 8.13. The SMILES string of the molecule is O=S(=O)(O)N[C@@H](CO)[C@@H](O)[C@H](O)[C@H](O)CO. The Morgan fingerprint density at radius 3 is 1.81 bits per heavy atom. The predicted molar refractivity (Wildman–Crippen MR) is 50.7 cm³/mol. The largest absolute Gasteiger partial charge is 0.395 e. The van der Waals surface area contributed by atoms with Crippen LogP contribution in [0.2, 0.25) is 0 Å². The van der Waals surface area contributed by atoms with Gasteiger partial charge in [-0.2, -0.15) is 13.1 Å². The monoisotopic (exact) mass is 261 g/mol. The first-order valence-electron chi connectivity index (χ1n) is 4.23. The Morgan fingerprint density at radius 2 is 1.50 bits per heavy atom. The molecule has 9 nitrogen and oxygen atoms in total. The van der Waals surface area contributed by atoms with Crippen molar-refractivity contribution in [2.24, 2.45) is 0 Å². The van der Waals surface area contributed by atoms with E-state index in [1.54, 1.807) is 0 Å². The molecule has 0 amide bonds. The summed E-state index contributed by atoms with van der Waals surface area (Å²) < 4.78 is 30.6. The van der Waals surface area contributed by atoms with Crippen LogP contribution in [0.15, 0.2) is 0 Å². The van der Waals surface area contributed by atoms with Crippen LogP contribution in [0.1, 0.15) is 0 Å². The van der Waals surface area contributed by atoms with Crippen LogP contribution in [0.3, 0.4) is 0 Å². The molecule has 0 aromatic heterocycles. The van der Waals surface area contributed by atoms with Crippen LogP contribution in [0.25, 0.3) is 0 Å². The Morgan fingerprint density at radius 1 is 1.00 bits per heavy atom. The third kappa shape index (κ3) is 5.14. The fourth-order valence-corrected chi connectivity index (χ4v) is 1.58. The van der Waals surface area contributed by atoms with Crippen LogP contribution in [0, 0.1) is 0 Å². The van der Waals surface area contributed by atoms with E-state index in [2.05, 4.69) is 0 Å². The highest BCUT2D eigenvalue weighted by Gasteiger charge is 2.32. The molecule has 0 radical (unpaired) electrons. The Labute approximate surface area is 91.8 Å². The maximum atomic E-state index is 10.4. The van der Waals surface area contributed by atoms with E-state index in [0.717, 1.165) is 0 Å². The molecular weight excluding hydrogens is 246 g/mol. The fraction of sp³-hybridized carbons (Fsp3) is 1.00. The van der Waals surface area contributed by atoms with Crippen LogP contribution in [-0.2, 0) is 10.3 Å².